The molecule has 7 heteroatoms. The smallest absolute Gasteiger partial charge is 0.273 e. The molecule has 0 saturated carbocycles. The Labute approximate surface area is 162 Å². The van der Waals surface area contributed by atoms with Gasteiger partial charge in [-0.1, -0.05) is 29.8 Å². The quantitative estimate of drug-likeness (QED) is 0.719. The molecule has 1 fully saturated rings. The van der Waals surface area contributed by atoms with Crippen molar-refractivity contribution in [3.63, 3.8) is 0 Å². The van der Waals surface area contributed by atoms with Gasteiger partial charge in [-0.25, -0.2) is 0 Å². The second-order valence-corrected chi connectivity index (χ2v) is 6.65. The zero-order valence-electron chi connectivity index (χ0n) is 14.6. The molecule has 0 aliphatic carbocycles. The highest BCUT2D eigenvalue weighted by Gasteiger charge is 2.14. The minimum atomic E-state index is -0.250. The fourth-order valence-corrected chi connectivity index (χ4v) is 3.25. The number of carbonyl (C=O) groups is 1. The number of nitrogens with zero attached hydrogens (tertiary/aromatic N) is 2. The average molecular weight is 383 g/mol. The number of amides is 1. The van der Waals surface area contributed by atoms with Gasteiger partial charge in [-0.05, 0) is 36.4 Å². The van der Waals surface area contributed by atoms with E-state index < -0.39 is 0 Å². The summed E-state index contributed by atoms with van der Waals surface area (Å²) in [6.45, 7) is 3.24. The fraction of sp³-hybridized carbons (Fsp3) is 0.200. The van der Waals surface area contributed by atoms with Crippen molar-refractivity contribution >= 4 is 28.9 Å². The Morgan fingerprint density at radius 3 is 2.59 bits per heavy atom. The fourth-order valence-electron chi connectivity index (χ4n) is 3.02. The van der Waals surface area contributed by atoms with Crippen LogP contribution in [-0.4, -0.2) is 42.4 Å². The first-order valence-electron chi connectivity index (χ1n) is 8.75. The van der Waals surface area contributed by atoms with Crippen LogP contribution >= 0.6 is 11.6 Å². The van der Waals surface area contributed by atoms with E-state index in [1.807, 2.05) is 42.5 Å². The first kappa shape index (κ1) is 17.6. The highest BCUT2D eigenvalue weighted by molar-refractivity contribution is 6.33. The molecule has 0 radical (unpaired) electrons. The van der Waals surface area contributed by atoms with Gasteiger partial charge in [0, 0.05) is 30.0 Å². The van der Waals surface area contributed by atoms with E-state index >= 15 is 0 Å². The molecule has 1 saturated heterocycles. The Morgan fingerprint density at radius 2 is 1.85 bits per heavy atom. The number of aromatic nitrogens is 2. The van der Waals surface area contributed by atoms with Crippen molar-refractivity contribution in [3.8, 4) is 11.3 Å². The van der Waals surface area contributed by atoms with Gasteiger partial charge in [0.25, 0.3) is 5.91 Å². The summed E-state index contributed by atoms with van der Waals surface area (Å²) < 4.78 is 5.37. The summed E-state index contributed by atoms with van der Waals surface area (Å²) in [6, 6.07) is 16.9. The van der Waals surface area contributed by atoms with Gasteiger partial charge in [0.05, 0.1) is 23.9 Å². The largest absolute Gasteiger partial charge is 0.378 e. The van der Waals surface area contributed by atoms with Crippen molar-refractivity contribution in [2.24, 2.45) is 0 Å². The van der Waals surface area contributed by atoms with Gasteiger partial charge in [-0.2, -0.15) is 5.10 Å². The number of halogens is 1. The van der Waals surface area contributed by atoms with E-state index in [2.05, 4.69) is 20.4 Å². The van der Waals surface area contributed by atoms with E-state index in [0.717, 1.165) is 43.2 Å². The summed E-state index contributed by atoms with van der Waals surface area (Å²) in [5, 5.41) is 10.4. The number of nitrogens with one attached hydrogen (secondary N) is 2. The van der Waals surface area contributed by atoms with Gasteiger partial charge in [0.15, 0.2) is 0 Å². The van der Waals surface area contributed by atoms with Crippen molar-refractivity contribution in [2.75, 3.05) is 36.5 Å². The Kier molecular flexibility index (Phi) is 5.09. The molecule has 0 atom stereocenters. The lowest BCUT2D eigenvalue weighted by Crippen LogP contribution is -2.36. The predicted octanol–water partition coefficient (Wildman–Crippen LogP) is 3.82. The maximum atomic E-state index is 12.5. The van der Waals surface area contributed by atoms with Crippen LogP contribution in [0.25, 0.3) is 11.3 Å². The molecule has 138 valence electrons. The van der Waals surface area contributed by atoms with Crippen LogP contribution < -0.4 is 10.2 Å². The minimum Gasteiger partial charge on any atom is -0.378 e. The molecule has 1 amide bonds. The number of rotatable bonds is 4. The number of carbonyl (C=O) groups excluding carboxylic acids is 1. The Balaban J connectivity index is 1.44. The molecule has 2 aromatic carbocycles. The molecule has 1 aliphatic heterocycles. The maximum absolute atomic E-state index is 12.5. The minimum absolute atomic E-state index is 0.250. The first-order valence-corrected chi connectivity index (χ1v) is 9.13. The van der Waals surface area contributed by atoms with Crippen LogP contribution in [0.4, 0.5) is 11.4 Å². The van der Waals surface area contributed by atoms with E-state index in [4.69, 9.17) is 16.3 Å². The van der Waals surface area contributed by atoms with Crippen LogP contribution in [0.2, 0.25) is 5.02 Å². The van der Waals surface area contributed by atoms with Gasteiger partial charge in [0.1, 0.15) is 5.69 Å². The van der Waals surface area contributed by atoms with Crippen LogP contribution in [0.3, 0.4) is 0 Å². The Bertz CT molecular complexity index is 933. The molecular weight excluding hydrogens is 364 g/mol. The maximum Gasteiger partial charge on any atom is 0.273 e. The molecule has 0 spiro atoms. The highest BCUT2D eigenvalue weighted by Crippen LogP contribution is 2.26. The van der Waals surface area contributed by atoms with Crippen LogP contribution in [0.15, 0.2) is 54.6 Å². The van der Waals surface area contributed by atoms with Crippen molar-refractivity contribution < 1.29 is 9.53 Å². The van der Waals surface area contributed by atoms with E-state index in [-0.39, 0.29) is 5.91 Å². The zero-order chi connectivity index (χ0) is 18.6. The van der Waals surface area contributed by atoms with Crippen molar-refractivity contribution in [1.82, 2.24) is 10.2 Å². The van der Waals surface area contributed by atoms with E-state index in [1.165, 1.54) is 0 Å². The molecule has 4 rings (SSSR count). The number of anilines is 2. The zero-order valence-corrected chi connectivity index (χ0v) is 15.4. The number of H-pyrrole nitrogens is 1. The lowest BCUT2D eigenvalue weighted by Gasteiger charge is -2.28. The first-order chi connectivity index (χ1) is 13.2. The number of hydrogen-bond donors (Lipinski definition) is 2. The molecule has 3 aromatic rings. The molecule has 2 heterocycles. The number of ether oxygens (including phenoxy) is 1. The number of hydrogen-bond acceptors (Lipinski definition) is 4. The predicted molar refractivity (Wildman–Crippen MR) is 106 cm³/mol. The molecular formula is C20H19ClN4O2. The molecule has 0 unspecified atom stereocenters. The third-order valence-electron chi connectivity index (χ3n) is 4.47. The summed E-state index contributed by atoms with van der Waals surface area (Å²) in [5.41, 5.74) is 3.64. The normalized spacial score (nSPS) is 14.2. The van der Waals surface area contributed by atoms with Gasteiger partial charge < -0.3 is 15.0 Å². The van der Waals surface area contributed by atoms with Crippen LogP contribution in [0.5, 0.6) is 0 Å². The topological polar surface area (TPSA) is 70.2 Å². The SMILES string of the molecule is O=C(Nc1ccc(N2CCOCC2)cc1)c1cc(-c2ccccc2Cl)n[nH]1. The number of morpholine rings is 1. The molecule has 2 N–H and O–H groups in total. The van der Waals surface area contributed by atoms with E-state index in [0.29, 0.717) is 16.4 Å². The van der Waals surface area contributed by atoms with Crippen LogP contribution in [-0.2, 0) is 4.74 Å². The van der Waals surface area contributed by atoms with Crippen molar-refractivity contribution in [3.05, 3.63) is 65.3 Å². The second kappa shape index (κ2) is 7.82. The summed E-state index contributed by atoms with van der Waals surface area (Å²) in [5.74, 6) is -0.250. The third kappa shape index (κ3) is 3.97. The van der Waals surface area contributed by atoms with E-state index in [9.17, 15) is 4.79 Å². The molecule has 0 bridgehead atoms. The lowest BCUT2D eigenvalue weighted by atomic mass is 10.1. The highest BCUT2D eigenvalue weighted by atomic mass is 35.5. The monoisotopic (exact) mass is 382 g/mol. The summed E-state index contributed by atoms with van der Waals surface area (Å²) in [7, 11) is 0. The van der Waals surface area contributed by atoms with E-state index in [1.54, 1.807) is 12.1 Å². The second-order valence-electron chi connectivity index (χ2n) is 6.25. The van der Waals surface area contributed by atoms with Gasteiger partial charge >= 0.3 is 0 Å². The Morgan fingerprint density at radius 1 is 1.11 bits per heavy atom. The van der Waals surface area contributed by atoms with Gasteiger partial charge in [-0.3, -0.25) is 9.89 Å². The van der Waals surface area contributed by atoms with Gasteiger partial charge in [-0.15, -0.1) is 0 Å². The van der Waals surface area contributed by atoms with Crippen LogP contribution in [0, 0.1) is 0 Å². The van der Waals surface area contributed by atoms with Crippen LogP contribution in [0.1, 0.15) is 10.5 Å². The summed E-state index contributed by atoms with van der Waals surface area (Å²) in [4.78, 5) is 14.8. The standard InChI is InChI=1S/C20H19ClN4O2/c21-17-4-2-1-3-16(17)18-13-19(24-23-18)20(26)22-14-5-7-15(8-6-14)25-9-11-27-12-10-25/h1-8,13H,9-12H2,(H,22,26)(H,23,24). The van der Waals surface area contributed by atoms with Crippen molar-refractivity contribution in [2.45, 2.75) is 0 Å². The molecule has 1 aromatic heterocycles. The number of benzene rings is 2. The van der Waals surface area contributed by atoms with Crippen molar-refractivity contribution in [1.29, 1.82) is 0 Å². The van der Waals surface area contributed by atoms with Gasteiger partial charge in [0.2, 0.25) is 0 Å². The lowest BCUT2D eigenvalue weighted by molar-refractivity contribution is 0.102. The summed E-state index contributed by atoms with van der Waals surface area (Å²) >= 11 is 6.19. The molecule has 1 aliphatic rings. The summed E-state index contributed by atoms with van der Waals surface area (Å²) in [6.07, 6.45) is 0. The molecule has 27 heavy (non-hydrogen) atoms. The molecule has 6 nitrogen and oxygen atoms in total. The third-order valence-corrected chi connectivity index (χ3v) is 4.80. The number of aromatic amines is 1. The average Bonchev–Trinajstić information content (AvgIpc) is 3.20. The Hall–Kier alpha value is -2.83.